The maximum Gasteiger partial charge on any atom is 0.0608 e. The Kier molecular flexibility index (Phi) is 7.15. The molecule has 0 aromatic rings. The number of ether oxygens (including phenoxy) is 1. The predicted octanol–water partition coefficient (Wildman–Crippen LogP) is 1.22. The van der Waals surface area contributed by atoms with E-state index >= 15 is 0 Å². The number of unbranched alkanes of at least 4 members (excludes halogenated alkanes) is 1. The first kappa shape index (κ1) is 15.9. The van der Waals surface area contributed by atoms with E-state index in [1.54, 1.807) is 0 Å². The summed E-state index contributed by atoms with van der Waals surface area (Å²) in [5.74, 6) is 0.806. The molecule has 0 bridgehead atoms. The summed E-state index contributed by atoms with van der Waals surface area (Å²) >= 11 is 0. The lowest BCUT2D eigenvalue weighted by molar-refractivity contribution is 0.0555. The quantitative estimate of drug-likeness (QED) is 0.643. The minimum absolute atomic E-state index is 0.0743. The number of aliphatic hydroxyl groups is 1. The van der Waals surface area contributed by atoms with Crippen LogP contribution in [0.15, 0.2) is 0 Å². The van der Waals surface area contributed by atoms with E-state index in [2.05, 4.69) is 11.9 Å². The molecule has 1 fully saturated rings. The molecule has 1 aliphatic rings. The Bertz CT molecular complexity index is 216. The molecule has 1 aliphatic heterocycles. The van der Waals surface area contributed by atoms with Gasteiger partial charge < -0.3 is 20.5 Å². The molecule has 1 rings (SSSR count). The van der Waals surface area contributed by atoms with Crippen LogP contribution in [0, 0.1) is 5.92 Å². The van der Waals surface area contributed by atoms with Crippen LogP contribution in [0.1, 0.15) is 39.0 Å². The van der Waals surface area contributed by atoms with Gasteiger partial charge in [-0.05, 0) is 52.1 Å². The van der Waals surface area contributed by atoms with E-state index in [-0.39, 0.29) is 6.61 Å². The van der Waals surface area contributed by atoms with Gasteiger partial charge in [-0.25, -0.2) is 0 Å². The molecule has 4 heteroatoms. The second-order valence-electron chi connectivity index (χ2n) is 6.09. The standard InChI is InChI=1S/C14H30N2O2/c1-14(15,12-17)7-3-4-8-16(2)11-13-5-9-18-10-6-13/h13,17H,3-12,15H2,1-2H3. The Hall–Kier alpha value is -0.160. The van der Waals surface area contributed by atoms with Crippen LogP contribution in [0.2, 0.25) is 0 Å². The number of nitrogens with two attached hydrogens (primary N) is 1. The monoisotopic (exact) mass is 258 g/mol. The lowest BCUT2D eigenvalue weighted by Crippen LogP contribution is -2.40. The molecule has 0 aromatic carbocycles. The third-order valence-corrected chi connectivity index (χ3v) is 3.81. The number of aliphatic hydroxyl groups excluding tert-OH is 1. The van der Waals surface area contributed by atoms with Crippen molar-refractivity contribution in [3.8, 4) is 0 Å². The maximum atomic E-state index is 9.07. The Morgan fingerprint density at radius 3 is 2.61 bits per heavy atom. The summed E-state index contributed by atoms with van der Waals surface area (Å²) in [5.41, 5.74) is 5.50. The third kappa shape index (κ3) is 6.69. The highest BCUT2D eigenvalue weighted by molar-refractivity contribution is 4.77. The van der Waals surface area contributed by atoms with Crippen LogP contribution in [-0.2, 0) is 4.74 Å². The first-order valence-corrected chi connectivity index (χ1v) is 7.19. The van der Waals surface area contributed by atoms with E-state index in [0.717, 1.165) is 44.9 Å². The lowest BCUT2D eigenvalue weighted by atomic mass is 9.97. The SMILES string of the molecule is CN(CCCCC(C)(N)CO)CC1CCOCC1. The summed E-state index contributed by atoms with van der Waals surface area (Å²) in [7, 11) is 2.20. The molecule has 0 aliphatic carbocycles. The molecule has 108 valence electrons. The summed E-state index contributed by atoms with van der Waals surface area (Å²) in [4.78, 5) is 2.42. The molecule has 3 N–H and O–H groups in total. The van der Waals surface area contributed by atoms with Gasteiger partial charge in [0, 0.05) is 25.3 Å². The van der Waals surface area contributed by atoms with Crippen LogP contribution in [0.4, 0.5) is 0 Å². The molecular formula is C14H30N2O2. The van der Waals surface area contributed by atoms with Crippen molar-refractivity contribution < 1.29 is 9.84 Å². The molecule has 1 atom stereocenters. The van der Waals surface area contributed by atoms with Crippen molar-refractivity contribution in [1.82, 2.24) is 4.90 Å². The largest absolute Gasteiger partial charge is 0.394 e. The maximum absolute atomic E-state index is 9.07. The summed E-state index contributed by atoms with van der Waals surface area (Å²) in [6.07, 6.45) is 5.55. The predicted molar refractivity (Wildman–Crippen MR) is 74.6 cm³/mol. The fourth-order valence-corrected chi connectivity index (χ4v) is 2.45. The first-order valence-electron chi connectivity index (χ1n) is 7.19. The summed E-state index contributed by atoms with van der Waals surface area (Å²) in [6.45, 7) is 6.16. The van der Waals surface area contributed by atoms with E-state index in [9.17, 15) is 0 Å². The van der Waals surface area contributed by atoms with E-state index in [1.165, 1.54) is 19.4 Å². The number of hydrogen-bond acceptors (Lipinski definition) is 4. The second-order valence-corrected chi connectivity index (χ2v) is 6.09. The van der Waals surface area contributed by atoms with Gasteiger partial charge in [0.15, 0.2) is 0 Å². The van der Waals surface area contributed by atoms with Crippen LogP contribution in [0.3, 0.4) is 0 Å². The fraction of sp³-hybridized carbons (Fsp3) is 1.00. The van der Waals surface area contributed by atoms with Gasteiger partial charge in [0.05, 0.1) is 6.61 Å². The molecule has 0 aromatic heterocycles. The van der Waals surface area contributed by atoms with Crippen molar-refractivity contribution in [2.24, 2.45) is 11.7 Å². The molecule has 0 amide bonds. The molecular weight excluding hydrogens is 228 g/mol. The van der Waals surface area contributed by atoms with Crippen molar-refractivity contribution in [2.45, 2.75) is 44.6 Å². The van der Waals surface area contributed by atoms with Crippen LogP contribution in [0.5, 0.6) is 0 Å². The molecule has 18 heavy (non-hydrogen) atoms. The Balaban J connectivity index is 2.04. The first-order chi connectivity index (χ1) is 8.53. The van der Waals surface area contributed by atoms with Crippen molar-refractivity contribution in [3.05, 3.63) is 0 Å². The van der Waals surface area contributed by atoms with Crippen molar-refractivity contribution in [3.63, 3.8) is 0 Å². The highest BCUT2D eigenvalue weighted by Gasteiger charge is 2.17. The summed E-state index contributed by atoms with van der Waals surface area (Å²) in [6, 6.07) is 0. The minimum Gasteiger partial charge on any atom is -0.394 e. The lowest BCUT2D eigenvalue weighted by Gasteiger charge is -2.27. The topological polar surface area (TPSA) is 58.7 Å². The van der Waals surface area contributed by atoms with Gasteiger partial charge in [-0.3, -0.25) is 0 Å². The third-order valence-electron chi connectivity index (χ3n) is 3.81. The van der Waals surface area contributed by atoms with Gasteiger partial charge >= 0.3 is 0 Å². The van der Waals surface area contributed by atoms with Gasteiger partial charge in [-0.1, -0.05) is 6.42 Å². The number of rotatable bonds is 8. The van der Waals surface area contributed by atoms with Crippen LogP contribution < -0.4 is 5.73 Å². The average molecular weight is 258 g/mol. The van der Waals surface area contributed by atoms with Gasteiger partial charge in [0.2, 0.25) is 0 Å². The van der Waals surface area contributed by atoms with Gasteiger partial charge in [-0.2, -0.15) is 0 Å². The van der Waals surface area contributed by atoms with Crippen molar-refractivity contribution in [2.75, 3.05) is 40.0 Å². The second kappa shape index (κ2) is 8.10. The summed E-state index contributed by atoms with van der Waals surface area (Å²) in [5, 5.41) is 9.07. The smallest absolute Gasteiger partial charge is 0.0608 e. The molecule has 1 heterocycles. The van der Waals surface area contributed by atoms with Crippen LogP contribution >= 0.6 is 0 Å². The zero-order valence-corrected chi connectivity index (χ0v) is 12.0. The number of hydrogen-bond donors (Lipinski definition) is 2. The minimum atomic E-state index is -0.403. The van der Waals surface area contributed by atoms with Crippen molar-refractivity contribution in [1.29, 1.82) is 0 Å². The molecule has 4 nitrogen and oxygen atoms in total. The highest BCUT2D eigenvalue weighted by atomic mass is 16.5. The van der Waals surface area contributed by atoms with Crippen LogP contribution in [-0.4, -0.2) is 55.5 Å². The molecule has 1 saturated heterocycles. The average Bonchev–Trinajstić information content (AvgIpc) is 2.36. The molecule has 0 saturated carbocycles. The fourth-order valence-electron chi connectivity index (χ4n) is 2.45. The Morgan fingerprint density at radius 1 is 1.33 bits per heavy atom. The Morgan fingerprint density at radius 2 is 2.00 bits per heavy atom. The van der Waals surface area contributed by atoms with Gasteiger partial charge in [0.1, 0.15) is 0 Å². The van der Waals surface area contributed by atoms with Crippen LogP contribution in [0.25, 0.3) is 0 Å². The van der Waals surface area contributed by atoms with Gasteiger partial charge in [0.25, 0.3) is 0 Å². The molecule has 1 unspecified atom stereocenters. The van der Waals surface area contributed by atoms with Gasteiger partial charge in [-0.15, -0.1) is 0 Å². The normalized spacial score (nSPS) is 21.2. The molecule has 0 spiro atoms. The van der Waals surface area contributed by atoms with Crippen molar-refractivity contribution >= 4 is 0 Å². The van der Waals surface area contributed by atoms with E-state index in [1.807, 2.05) is 6.92 Å². The zero-order chi connectivity index (χ0) is 13.4. The molecule has 0 radical (unpaired) electrons. The van der Waals surface area contributed by atoms with E-state index < -0.39 is 5.54 Å². The Labute approximate surface area is 111 Å². The summed E-state index contributed by atoms with van der Waals surface area (Å²) < 4.78 is 5.37. The van der Waals surface area contributed by atoms with E-state index in [0.29, 0.717) is 0 Å². The zero-order valence-electron chi connectivity index (χ0n) is 12.0. The van der Waals surface area contributed by atoms with E-state index in [4.69, 9.17) is 15.6 Å². The highest BCUT2D eigenvalue weighted by Crippen LogP contribution is 2.16. The number of nitrogens with zero attached hydrogens (tertiary/aromatic N) is 1.